The van der Waals surface area contributed by atoms with E-state index >= 15 is 0 Å². The minimum atomic E-state index is -0.212. The van der Waals surface area contributed by atoms with Crippen LogP contribution in [0.25, 0.3) is 0 Å². The number of nitrogens with zero attached hydrogens (tertiary/aromatic N) is 2. The summed E-state index contributed by atoms with van der Waals surface area (Å²) in [7, 11) is 0. The Balaban J connectivity index is 1.50. The number of aryl methyl sites for hydroxylation is 1. The minimum Gasteiger partial charge on any atom is -0.322 e. The number of hydrogen-bond donors (Lipinski definition) is 1. The van der Waals surface area contributed by atoms with Crippen LogP contribution in [-0.4, -0.2) is 42.0 Å². The van der Waals surface area contributed by atoms with Gasteiger partial charge in [-0.3, -0.25) is 4.90 Å². The van der Waals surface area contributed by atoms with Crippen LogP contribution in [0.15, 0.2) is 48.5 Å². The molecular formula is C19H22FN3O. The van der Waals surface area contributed by atoms with Gasteiger partial charge in [-0.15, -0.1) is 0 Å². The largest absolute Gasteiger partial charge is 0.322 e. The summed E-state index contributed by atoms with van der Waals surface area (Å²) in [6.45, 7) is 5.79. The lowest BCUT2D eigenvalue weighted by Crippen LogP contribution is -2.49. The van der Waals surface area contributed by atoms with Crippen molar-refractivity contribution in [1.29, 1.82) is 0 Å². The van der Waals surface area contributed by atoms with Gasteiger partial charge in [0.05, 0.1) is 0 Å². The van der Waals surface area contributed by atoms with Crippen LogP contribution in [0.2, 0.25) is 0 Å². The second-order valence-corrected chi connectivity index (χ2v) is 6.13. The number of urea groups is 1. The van der Waals surface area contributed by atoms with E-state index in [0.717, 1.165) is 36.4 Å². The third-order valence-electron chi connectivity index (χ3n) is 4.37. The lowest BCUT2D eigenvalue weighted by molar-refractivity contribution is 0.143. The predicted octanol–water partition coefficient (Wildman–Crippen LogP) is 3.48. The van der Waals surface area contributed by atoms with Crippen LogP contribution < -0.4 is 5.32 Å². The fourth-order valence-corrected chi connectivity index (χ4v) is 2.86. The van der Waals surface area contributed by atoms with Crippen LogP contribution in [0.5, 0.6) is 0 Å². The van der Waals surface area contributed by atoms with Crippen molar-refractivity contribution in [2.45, 2.75) is 13.5 Å². The van der Waals surface area contributed by atoms with Gasteiger partial charge in [-0.05, 0) is 36.2 Å². The van der Waals surface area contributed by atoms with E-state index in [4.69, 9.17) is 0 Å². The van der Waals surface area contributed by atoms with E-state index in [1.807, 2.05) is 48.2 Å². The van der Waals surface area contributed by atoms with Crippen molar-refractivity contribution >= 4 is 11.7 Å². The number of halogens is 1. The van der Waals surface area contributed by atoms with Gasteiger partial charge in [-0.2, -0.15) is 0 Å². The molecule has 0 bridgehead atoms. The van der Waals surface area contributed by atoms with Crippen LogP contribution >= 0.6 is 0 Å². The van der Waals surface area contributed by atoms with Crippen LogP contribution in [0, 0.1) is 12.7 Å². The third-order valence-corrected chi connectivity index (χ3v) is 4.37. The molecule has 1 aliphatic rings. The number of para-hydroxylation sites is 1. The zero-order chi connectivity index (χ0) is 16.9. The molecule has 5 heteroatoms. The molecule has 1 fully saturated rings. The smallest absolute Gasteiger partial charge is 0.321 e. The lowest BCUT2D eigenvalue weighted by atomic mass is 10.2. The summed E-state index contributed by atoms with van der Waals surface area (Å²) in [5, 5.41) is 2.98. The Hall–Kier alpha value is -2.40. The van der Waals surface area contributed by atoms with E-state index in [-0.39, 0.29) is 11.8 Å². The van der Waals surface area contributed by atoms with Gasteiger partial charge in [-0.25, -0.2) is 9.18 Å². The Morgan fingerprint density at radius 2 is 1.71 bits per heavy atom. The zero-order valence-electron chi connectivity index (χ0n) is 13.8. The first-order chi connectivity index (χ1) is 11.6. The molecule has 2 aromatic carbocycles. The number of benzene rings is 2. The Morgan fingerprint density at radius 3 is 2.38 bits per heavy atom. The summed E-state index contributed by atoms with van der Waals surface area (Å²) >= 11 is 0. The summed E-state index contributed by atoms with van der Waals surface area (Å²) in [4.78, 5) is 16.5. The lowest BCUT2D eigenvalue weighted by Gasteiger charge is -2.34. The Bertz CT molecular complexity index is 694. The normalized spacial score (nSPS) is 15.3. The molecule has 0 radical (unpaired) electrons. The molecular weight excluding hydrogens is 305 g/mol. The van der Waals surface area contributed by atoms with Gasteiger partial charge in [0.15, 0.2) is 0 Å². The standard InChI is InChI=1S/C19H22FN3O/c1-15-4-2-3-5-18(15)21-19(24)23-12-10-22(11-13-23)14-16-6-8-17(20)9-7-16/h2-9H,10-14H2,1H3,(H,21,24). The molecule has 0 aliphatic carbocycles. The summed E-state index contributed by atoms with van der Waals surface area (Å²) in [5.41, 5.74) is 3.01. The average molecular weight is 327 g/mol. The van der Waals surface area contributed by atoms with E-state index in [0.29, 0.717) is 13.1 Å². The number of carbonyl (C=O) groups excluding carboxylic acids is 1. The summed E-state index contributed by atoms with van der Waals surface area (Å²) in [6, 6.07) is 14.3. The SMILES string of the molecule is Cc1ccccc1NC(=O)N1CCN(Cc2ccc(F)cc2)CC1. The quantitative estimate of drug-likeness (QED) is 0.937. The van der Waals surface area contributed by atoms with Gasteiger partial charge >= 0.3 is 6.03 Å². The van der Waals surface area contributed by atoms with Gasteiger partial charge in [0, 0.05) is 38.4 Å². The summed E-state index contributed by atoms with van der Waals surface area (Å²) < 4.78 is 12.9. The predicted molar refractivity (Wildman–Crippen MR) is 93.4 cm³/mol. The van der Waals surface area contributed by atoms with Gasteiger partial charge in [0.1, 0.15) is 5.82 Å². The zero-order valence-corrected chi connectivity index (χ0v) is 13.8. The monoisotopic (exact) mass is 327 g/mol. The first kappa shape index (κ1) is 16.5. The van der Waals surface area contributed by atoms with Gasteiger partial charge in [0.25, 0.3) is 0 Å². The molecule has 126 valence electrons. The first-order valence-corrected chi connectivity index (χ1v) is 8.20. The maximum Gasteiger partial charge on any atom is 0.321 e. The molecule has 0 spiro atoms. The van der Waals surface area contributed by atoms with Crippen LogP contribution in [0.3, 0.4) is 0 Å². The molecule has 0 saturated carbocycles. The highest BCUT2D eigenvalue weighted by atomic mass is 19.1. The topological polar surface area (TPSA) is 35.6 Å². The first-order valence-electron chi connectivity index (χ1n) is 8.20. The molecule has 2 aromatic rings. The molecule has 24 heavy (non-hydrogen) atoms. The van der Waals surface area contributed by atoms with Crippen LogP contribution in [0.4, 0.5) is 14.9 Å². The van der Waals surface area contributed by atoms with Crippen molar-refractivity contribution in [2.75, 3.05) is 31.5 Å². The highest BCUT2D eigenvalue weighted by Crippen LogP contribution is 2.15. The number of hydrogen-bond acceptors (Lipinski definition) is 2. The average Bonchev–Trinajstić information content (AvgIpc) is 2.59. The molecule has 2 amide bonds. The number of amides is 2. The number of piperazine rings is 1. The highest BCUT2D eigenvalue weighted by Gasteiger charge is 2.21. The van der Waals surface area contributed by atoms with E-state index in [1.165, 1.54) is 12.1 Å². The fraction of sp³-hybridized carbons (Fsp3) is 0.316. The third kappa shape index (κ3) is 4.11. The van der Waals surface area contributed by atoms with Crippen LogP contribution in [0.1, 0.15) is 11.1 Å². The summed E-state index contributed by atoms with van der Waals surface area (Å²) in [5.74, 6) is -0.212. The minimum absolute atomic E-state index is 0.0502. The van der Waals surface area contributed by atoms with E-state index < -0.39 is 0 Å². The van der Waals surface area contributed by atoms with Crippen LogP contribution in [-0.2, 0) is 6.54 Å². The maximum absolute atomic E-state index is 12.9. The van der Waals surface area contributed by atoms with E-state index in [1.54, 1.807) is 0 Å². The Morgan fingerprint density at radius 1 is 1.04 bits per heavy atom. The fourth-order valence-electron chi connectivity index (χ4n) is 2.86. The summed E-state index contributed by atoms with van der Waals surface area (Å²) in [6.07, 6.45) is 0. The van der Waals surface area contributed by atoms with E-state index in [9.17, 15) is 9.18 Å². The molecule has 1 saturated heterocycles. The second-order valence-electron chi connectivity index (χ2n) is 6.13. The molecule has 4 nitrogen and oxygen atoms in total. The number of anilines is 1. The van der Waals surface area contributed by atoms with Crippen molar-refractivity contribution < 1.29 is 9.18 Å². The Labute approximate surface area is 141 Å². The van der Waals surface area contributed by atoms with Gasteiger partial charge in [-0.1, -0.05) is 30.3 Å². The van der Waals surface area contributed by atoms with Crippen molar-refractivity contribution in [3.8, 4) is 0 Å². The van der Waals surface area contributed by atoms with E-state index in [2.05, 4.69) is 10.2 Å². The number of carbonyl (C=O) groups is 1. The van der Waals surface area contributed by atoms with Crippen molar-refractivity contribution in [2.24, 2.45) is 0 Å². The van der Waals surface area contributed by atoms with Gasteiger partial charge in [0.2, 0.25) is 0 Å². The molecule has 1 N–H and O–H groups in total. The molecule has 1 aliphatic heterocycles. The van der Waals surface area contributed by atoms with Crippen molar-refractivity contribution in [1.82, 2.24) is 9.80 Å². The second kappa shape index (κ2) is 7.45. The molecule has 0 aromatic heterocycles. The molecule has 1 heterocycles. The van der Waals surface area contributed by atoms with Crippen molar-refractivity contribution in [3.05, 3.63) is 65.5 Å². The number of nitrogens with one attached hydrogen (secondary N) is 1. The van der Waals surface area contributed by atoms with Gasteiger partial charge < -0.3 is 10.2 Å². The number of rotatable bonds is 3. The molecule has 0 unspecified atom stereocenters. The molecule has 3 rings (SSSR count). The molecule has 0 atom stereocenters. The maximum atomic E-state index is 12.9. The Kier molecular flexibility index (Phi) is 5.11. The van der Waals surface area contributed by atoms with Crippen molar-refractivity contribution in [3.63, 3.8) is 0 Å². The highest BCUT2D eigenvalue weighted by molar-refractivity contribution is 5.90.